The first-order chi connectivity index (χ1) is 9.78. The molecule has 1 unspecified atom stereocenters. The fourth-order valence-electron chi connectivity index (χ4n) is 2.45. The molecule has 0 aliphatic carbocycles. The molecule has 0 fully saturated rings. The summed E-state index contributed by atoms with van der Waals surface area (Å²) >= 11 is 0. The summed E-state index contributed by atoms with van der Waals surface area (Å²) in [6.07, 6.45) is 4.61. The van der Waals surface area contributed by atoms with Gasteiger partial charge in [0.05, 0.1) is 11.6 Å². The van der Waals surface area contributed by atoms with Crippen LogP contribution in [0.4, 0.5) is 5.69 Å². The van der Waals surface area contributed by atoms with Crippen LogP contribution in [0.3, 0.4) is 0 Å². The van der Waals surface area contributed by atoms with E-state index in [4.69, 9.17) is 0 Å². The largest absolute Gasteiger partial charge is 0.375 e. The molecule has 4 nitrogen and oxygen atoms in total. The zero-order valence-electron chi connectivity index (χ0n) is 11.7. The smallest absolute Gasteiger partial charge is 0.128 e. The monoisotopic (exact) mass is 266 g/mol. The Morgan fingerprint density at radius 2 is 2.15 bits per heavy atom. The molecule has 0 amide bonds. The van der Waals surface area contributed by atoms with Crippen molar-refractivity contribution in [3.8, 4) is 0 Å². The lowest BCUT2D eigenvalue weighted by molar-refractivity contribution is 0.705. The predicted octanol–water partition coefficient (Wildman–Crippen LogP) is 3.83. The van der Waals surface area contributed by atoms with Crippen molar-refractivity contribution < 1.29 is 0 Å². The first-order valence-corrected chi connectivity index (χ1v) is 6.90. The number of hydrogen-bond acceptors (Lipinski definition) is 3. The minimum absolute atomic E-state index is 0.176. The maximum Gasteiger partial charge on any atom is 0.128 e. The average Bonchev–Trinajstić information content (AvgIpc) is 2.98. The molecule has 102 valence electrons. The molecule has 0 aliphatic rings. The van der Waals surface area contributed by atoms with E-state index in [2.05, 4.69) is 39.3 Å². The molecule has 3 rings (SSSR count). The van der Waals surface area contributed by atoms with Crippen molar-refractivity contribution in [2.75, 3.05) is 5.32 Å². The van der Waals surface area contributed by atoms with E-state index in [1.165, 1.54) is 0 Å². The van der Waals surface area contributed by atoms with Crippen molar-refractivity contribution in [3.05, 3.63) is 54.2 Å². The summed E-state index contributed by atoms with van der Waals surface area (Å²) in [4.78, 5) is 12.1. The average molecular weight is 266 g/mol. The van der Waals surface area contributed by atoms with E-state index in [1.54, 1.807) is 6.20 Å². The highest BCUT2D eigenvalue weighted by atomic mass is 15.0. The summed E-state index contributed by atoms with van der Waals surface area (Å²) in [6, 6.07) is 10.5. The summed E-state index contributed by atoms with van der Waals surface area (Å²) in [5, 5.41) is 4.72. The third-order valence-corrected chi connectivity index (χ3v) is 3.43. The van der Waals surface area contributed by atoms with E-state index in [0.29, 0.717) is 0 Å². The van der Waals surface area contributed by atoms with Crippen molar-refractivity contribution in [2.45, 2.75) is 26.3 Å². The van der Waals surface area contributed by atoms with Gasteiger partial charge < -0.3 is 10.3 Å². The van der Waals surface area contributed by atoms with Crippen molar-refractivity contribution in [3.63, 3.8) is 0 Å². The van der Waals surface area contributed by atoms with Gasteiger partial charge in [-0.05, 0) is 25.5 Å². The van der Waals surface area contributed by atoms with Gasteiger partial charge >= 0.3 is 0 Å². The number of nitrogens with one attached hydrogen (secondary N) is 2. The normalized spacial score (nSPS) is 12.5. The topological polar surface area (TPSA) is 53.6 Å². The summed E-state index contributed by atoms with van der Waals surface area (Å²) in [5.41, 5.74) is 3.14. The van der Waals surface area contributed by atoms with E-state index in [9.17, 15) is 0 Å². The number of H-pyrrole nitrogens is 1. The van der Waals surface area contributed by atoms with Gasteiger partial charge in [0.1, 0.15) is 5.82 Å². The number of benzene rings is 1. The number of para-hydroxylation sites is 1. The van der Waals surface area contributed by atoms with Crippen LogP contribution in [0.25, 0.3) is 10.9 Å². The van der Waals surface area contributed by atoms with Crippen LogP contribution < -0.4 is 5.32 Å². The zero-order valence-corrected chi connectivity index (χ0v) is 11.7. The Labute approximate surface area is 118 Å². The first kappa shape index (κ1) is 12.7. The van der Waals surface area contributed by atoms with E-state index in [0.717, 1.165) is 34.5 Å². The predicted molar refractivity (Wildman–Crippen MR) is 81.7 cm³/mol. The minimum Gasteiger partial charge on any atom is -0.375 e. The van der Waals surface area contributed by atoms with Gasteiger partial charge in [-0.2, -0.15) is 0 Å². The van der Waals surface area contributed by atoms with Gasteiger partial charge in [0.2, 0.25) is 0 Å². The highest BCUT2D eigenvalue weighted by Crippen LogP contribution is 2.27. The van der Waals surface area contributed by atoms with Gasteiger partial charge in [0, 0.05) is 29.2 Å². The van der Waals surface area contributed by atoms with Crippen molar-refractivity contribution in [1.29, 1.82) is 0 Å². The molecule has 0 radical (unpaired) electrons. The second kappa shape index (κ2) is 5.33. The molecule has 2 N–H and O–H groups in total. The second-order valence-electron chi connectivity index (χ2n) is 4.91. The van der Waals surface area contributed by atoms with Gasteiger partial charge in [-0.1, -0.05) is 25.1 Å². The number of aromatic nitrogens is 3. The van der Waals surface area contributed by atoms with E-state index >= 15 is 0 Å². The molecule has 0 saturated carbocycles. The van der Waals surface area contributed by atoms with Gasteiger partial charge in [0.25, 0.3) is 0 Å². The molecular weight excluding hydrogens is 248 g/mol. The number of imidazole rings is 1. The Balaban J connectivity index is 2.01. The maximum absolute atomic E-state index is 4.57. The summed E-state index contributed by atoms with van der Waals surface area (Å²) in [5.74, 6) is 0.964. The third kappa shape index (κ3) is 2.37. The second-order valence-corrected chi connectivity index (χ2v) is 4.91. The third-order valence-electron chi connectivity index (χ3n) is 3.43. The van der Waals surface area contributed by atoms with Gasteiger partial charge in [-0.25, -0.2) is 4.98 Å². The maximum atomic E-state index is 4.57. The van der Waals surface area contributed by atoms with E-state index < -0.39 is 0 Å². The van der Waals surface area contributed by atoms with Crippen LogP contribution in [0.1, 0.15) is 30.9 Å². The van der Waals surface area contributed by atoms with Crippen molar-refractivity contribution in [2.24, 2.45) is 0 Å². The van der Waals surface area contributed by atoms with Crippen molar-refractivity contribution >= 4 is 16.6 Å². The molecule has 1 aromatic carbocycles. The molecule has 0 aliphatic heterocycles. The first-order valence-electron chi connectivity index (χ1n) is 6.90. The highest BCUT2D eigenvalue weighted by molar-refractivity contribution is 5.91. The van der Waals surface area contributed by atoms with Crippen LogP contribution in [0.2, 0.25) is 0 Å². The van der Waals surface area contributed by atoms with Crippen LogP contribution in [0.5, 0.6) is 0 Å². The zero-order chi connectivity index (χ0) is 13.9. The Morgan fingerprint density at radius 3 is 2.90 bits per heavy atom. The van der Waals surface area contributed by atoms with Crippen molar-refractivity contribution in [1.82, 2.24) is 15.0 Å². The Hall–Kier alpha value is -2.36. The number of pyridine rings is 1. The highest BCUT2D eigenvalue weighted by Gasteiger charge is 2.13. The Kier molecular flexibility index (Phi) is 3.37. The lowest BCUT2D eigenvalue weighted by Gasteiger charge is -2.18. The fraction of sp³-hybridized carbons (Fsp3) is 0.250. The van der Waals surface area contributed by atoms with Crippen LogP contribution in [0.15, 0.2) is 42.7 Å². The summed E-state index contributed by atoms with van der Waals surface area (Å²) in [7, 11) is 0. The molecule has 4 heteroatoms. The molecule has 0 bridgehead atoms. The SMILES string of the molecule is CCC(Nc1cc(C)nc2ccccc12)c1ncc[nH]1. The van der Waals surface area contributed by atoms with Crippen LogP contribution >= 0.6 is 0 Å². The molecule has 3 aromatic rings. The molecule has 2 aromatic heterocycles. The number of rotatable bonds is 4. The molecule has 2 heterocycles. The Bertz CT molecular complexity index is 704. The van der Waals surface area contributed by atoms with Gasteiger partial charge in [-0.3, -0.25) is 4.98 Å². The van der Waals surface area contributed by atoms with Crippen LogP contribution in [0, 0.1) is 6.92 Å². The molecule has 0 saturated heterocycles. The number of fused-ring (bicyclic) bond motifs is 1. The molecule has 20 heavy (non-hydrogen) atoms. The standard InChI is InChI=1S/C16H18N4/c1-3-13(16-17-8-9-18-16)20-15-10-11(2)19-14-7-5-4-6-12(14)15/h4-10,13H,3H2,1-2H3,(H,17,18)(H,19,20). The molecule has 0 spiro atoms. The van der Waals surface area contributed by atoms with E-state index in [-0.39, 0.29) is 6.04 Å². The van der Waals surface area contributed by atoms with Gasteiger partial charge in [-0.15, -0.1) is 0 Å². The number of anilines is 1. The molecular formula is C16H18N4. The number of nitrogens with zero attached hydrogens (tertiary/aromatic N) is 2. The lowest BCUT2D eigenvalue weighted by atomic mass is 10.1. The van der Waals surface area contributed by atoms with Crippen LogP contribution in [-0.2, 0) is 0 Å². The van der Waals surface area contributed by atoms with E-state index in [1.807, 2.05) is 31.3 Å². The number of aromatic amines is 1. The Morgan fingerprint density at radius 1 is 1.30 bits per heavy atom. The summed E-state index contributed by atoms with van der Waals surface area (Å²) in [6.45, 7) is 4.17. The summed E-state index contributed by atoms with van der Waals surface area (Å²) < 4.78 is 0. The number of aryl methyl sites for hydroxylation is 1. The van der Waals surface area contributed by atoms with Gasteiger partial charge in [0.15, 0.2) is 0 Å². The molecule has 1 atom stereocenters. The van der Waals surface area contributed by atoms with Crippen LogP contribution in [-0.4, -0.2) is 15.0 Å². The number of hydrogen-bond donors (Lipinski definition) is 2. The fourth-order valence-corrected chi connectivity index (χ4v) is 2.45. The minimum atomic E-state index is 0.176. The quantitative estimate of drug-likeness (QED) is 0.754. The lowest BCUT2D eigenvalue weighted by Crippen LogP contribution is -2.12.